The fourth-order valence-electron chi connectivity index (χ4n) is 6.23. The second-order valence-corrected chi connectivity index (χ2v) is 14.0. The van der Waals surface area contributed by atoms with Gasteiger partial charge in [-0.2, -0.15) is 0 Å². The molecule has 0 unspecified atom stereocenters. The first kappa shape index (κ1) is 37.7. The lowest BCUT2D eigenvalue weighted by Crippen LogP contribution is -2.62. The maximum absolute atomic E-state index is 14.3. The quantitative estimate of drug-likeness (QED) is 0.117. The number of aliphatic hydroxyl groups is 2. The molecule has 0 radical (unpaired) electrons. The van der Waals surface area contributed by atoms with Crippen LogP contribution in [0.2, 0.25) is 0 Å². The summed E-state index contributed by atoms with van der Waals surface area (Å²) in [5, 5.41) is 30.4. The van der Waals surface area contributed by atoms with E-state index in [0.717, 1.165) is 16.7 Å². The van der Waals surface area contributed by atoms with Crippen LogP contribution in [0.4, 0.5) is 4.79 Å². The van der Waals surface area contributed by atoms with Crippen molar-refractivity contribution >= 4 is 17.9 Å². The highest BCUT2D eigenvalue weighted by atomic mass is 16.5. The molecule has 4 atom stereocenters. The number of alkyl carbamates (subject to hydrolysis) is 1. The Morgan fingerprint density at radius 1 is 0.942 bits per heavy atom. The Morgan fingerprint density at radius 2 is 1.65 bits per heavy atom. The van der Waals surface area contributed by atoms with Gasteiger partial charge in [0.15, 0.2) is 5.60 Å². The van der Waals surface area contributed by atoms with Gasteiger partial charge in [0.05, 0.1) is 25.8 Å². The summed E-state index contributed by atoms with van der Waals surface area (Å²) in [5.74, 6) is 4.87. The van der Waals surface area contributed by atoms with E-state index in [1.807, 2.05) is 84.9 Å². The monoisotopic (exact) mass is 703 g/mol. The zero-order valence-corrected chi connectivity index (χ0v) is 29.8. The predicted octanol–water partition coefficient (Wildman–Crippen LogP) is 3.83. The third-order valence-electron chi connectivity index (χ3n) is 8.85. The van der Waals surface area contributed by atoms with Gasteiger partial charge in [-0.15, -0.1) is 0 Å². The van der Waals surface area contributed by atoms with Crippen molar-refractivity contribution in [3.8, 4) is 11.8 Å². The summed E-state index contributed by atoms with van der Waals surface area (Å²) in [4.78, 5) is 44.8. The minimum Gasteiger partial charge on any atom is -0.453 e. The fourth-order valence-corrected chi connectivity index (χ4v) is 6.23. The summed E-state index contributed by atoms with van der Waals surface area (Å²) in [6.07, 6.45) is 0.261. The van der Waals surface area contributed by atoms with E-state index < -0.39 is 47.1 Å². The third kappa shape index (κ3) is 9.82. The number of amides is 3. The Balaban J connectivity index is 1.49. The lowest BCUT2D eigenvalue weighted by Gasteiger charge is -2.37. The number of carbonyl (C=O) groups is 3. The molecule has 11 nitrogen and oxygen atoms in total. The van der Waals surface area contributed by atoms with Crippen LogP contribution >= 0.6 is 0 Å². The molecule has 0 fully saturated rings. The van der Waals surface area contributed by atoms with E-state index in [4.69, 9.17) is 4.74 Å². The Hall–Kier alpha value is -5.54. The highest BCUT2D eigenvalue weighted by molar-refractivity contribution is 5.87. The van der Waals surface area contributed by atoms with Crippen LogP contribution < -0.4 is 16.1 Å². The molecule has 0 spiro atoms. The minimum atomic E-state index is -2.10. The molecule has 5 rings (SSSR count). The molecule has 4 aromatic rings. The minimum absolute atomic E-state index is 0.0548. The number of hydrogen-bond acceptors (Lipinski definition) is 8. The summed E-state index contributed by atoms with van der Waals surface area (Å²) < 4.78 is 4.80. The second-order valence-electron chi connectivity index (χ2n) is 14.0. The van der Waals surface area contributed by atoms with Gasteiger partial charge in [0.2, 0.25) is 0 Å². The van der Waals surface area contributed by atoms with Crippen molar-refractivity contribution in [2.24, 2.45) is 5.41 Å². The number of ether oxygens (including phenoxy) is 1. The maximum atomic E-state index is 14.3. The SMILES string of the molecule is COC(=O)N[C@H](C(=O)NN(Cc1cccc(C#Cc2ccccn2)c1)C[C@](O)(Cc1ccccc1)C(=O)N[C@H]1c2ccccc2C[C@H]1O)C(C)(C)C. The number of aliphatic hydroxyl groups excluding tert-OH is 1. The van der Waals surface area contributed by atoms with Gasteiger partial charge in [0.1, 0.15) is 11.7 Å². The molecule has 0 bridgehead atoms. The van der Waals surface area contributed by atoms with Gasteiger partial charge in [-0.1, -0.05) is 99.5 Å². The first-order valence-electron chi connectivity index (χ1n) is 17.1. The zero-order chi connectivity index (χ0) is 37.3. The lowest BCUT2D eigenvalue weighted by molar-refractivity contribution is -0.147. The number of hydrogen-bond donors (Lipinski definition) is 5. The van der Waals surface area contributed by atoms with Gasteiger partial charge >= 0.3 is 6.09 Å². The van der Waals surface area contributed by atoms with E-state index >= 15 is 0 Å². The number of rotatable bonds is 11. The highest BCUT2D eigenvalue weighted by Crippen LogP contribution is 2.32. The van der Waals surface area contributed by atoms with E-state index in [-0.39, 0.29) is 19.5 Å². The van der Waals surface area contributed by atoms with E-state index in [1.54, 1.807) is 39.1 Å². The molecular weight excluding hydrogens is 658 g/mol. The van der Waals surface area contributed by atoms with Crippen molar-refractivity contribution in [1.82, 2.24) is 26.1 Å². The average Bonchev–Trinajstić information content (AvgIpc) is 3.44. The summed E-state index contributed by atoms with van der Waals surface area (Å²) in [7, 11) is 1.21. The molecule has 3 amide bonds. The standard InChI is InChI=1S/C41H45N5O6/c1-40(2,3)36(44-39(50)52-4)37(48)45-46(26-30-16-12-15-28(23-30)20-21-32-18-10-11-22-42-32)27-41(51,25-29-13-6-5-7-14-29)38(49)43-35-33-19-9-8-17-31(33)24-34(35)47/h5-19,22-23,34-36,47,51H,24-27H2,1-4H3,(H,43,49)(H,44,50)(H,45,48)/t34-,35+,36-,41-/m1/s1. The van der Waals surface area contributed by atoms with Gasteiger partial charge < -0.3 is 25.6 Å². The topological polar surface area (TPSA) is 153 Å². The van der Waals surface area contributed by atoms with Crippen LogP contribution in [0.3, 0.4) is 0 Å². The molecule has 0 saturated heterocycles. The van der Waals surface area contributed by atoms with Gasteiger partial charge in [0.25, 0.3) is 11.8 Å². The fraction of sp³-hybridized carbons (Fsp3) is 0.317. The molecule has 11 heteroatoms. The summed E-state index contributed by atoms with van der Waals surface area (Å²) in [5.41, 5.74) is 4.45. The van der Waals surface area contributed by atoms with Crippen LogP contribution in [-0.4, -0.2) is 69.5 Å². The summed E-state index contributed by atoms with van der Waals surface area (Å²) in [6, 6.07) is 27.6. The molecule has 270 valence electrons. The molecule has 5 N–H and O–H groups in total. The van der Waals surface area contributed by atoms with Crippen molar-refractivity contribution in [2.75, 3.05) is 13.7 Å². The number of nitrogens with zero attached hydrogens (tertiary/aromatic N) is 2. The number of aromatic nitrogens is 1. The molecule has 0 saturated carbocycles. The first-order chi connectivity index (χ1) is 24.8. The number of hydrazine groups is 1. The Labute approximate surface area is 304 Å². The number of nitrogens with one attached hydrogen (secondary N) is 3. The molecule has 52 heavy (non-hydrogen) atoms. The maximum Gasteiger partial charge on any atom is 0.407 e. The van der Waals surface area contributed by atoms with Gasteiger partial charge in [-0.25, -0.2) is 14.8 Å². The van der Waals surface area contributed by atoms with Crippen LogP contribution in [0.1, 0.15) is 60.3 Å². The normalized spacial score (nSPS) is 16.8. The average molecular weight is 704 g/mol. The predicted molar refractivity (Wildman–Crippen MR) is 196 cm³/mol. The Bertz CT molecular complexity index is 1920. The van der Waals surface area contributed by atoms with Gasteiger partial charge in [0, 0.05) is 31.1 Å². The molecule has 0 aliphatic heterocycles. The van der Waals surface area contributed by atoms with Crippen LogP contribution in [-0.2, 0) is 33.7 Å². The van der Waals surface area contributed by atoms with E-state index in [2.05, 4.69) is 32.9 Å². The Morgan fingerprint density at radius 3 is 2.37 bits per heavy atom. The number of carbonyl (C=O) groups excluding carboxylic acids is 3. The van der Waals surface area contributed by atoms with Crippen LogP contribution in [0.25, 0.3) is 0 Å². The molecular formula is C41H45N5O6. The second kappa shape index (κ2) is 16.7. The summed E-state index contributed by atoms with van der Waals surface area (Å²) in [6.45, 7) is 5.09. The van der Waals surface area contributed by atoms with E-state index in [9.17, 15) is 24.6 Å². The molecule has 1 aromatic heterocycles. The smallest absolute Gasteiger partial charge is 0.407 e. The van der Waals surface area contributed by atoms with Crippen molar-refractivity contribution in [3.05, 3.63) is 137 Å². The third-order valence-corrected chi connectivity index (χ3v) is 8.85. The number of pyridine rings is 1. The Kier molecular flexibility index (Phi) is 12.1. The van der Waals surface area contributed by atoms with Crippen molar-refractivity contribution in [3.63, 3.8) is 0 Å². The van der Waals surface area contributed by atoms with Crippen molar-refractivity contribution in [2.45, 2.75) is 63.9 Å². The molecule has 3 aromatic carbocycles. The lowest BCUT2D eigenvalue weighted by atomic mass is 9.86. The summed E-state index contributed by atoms with van der Waals surface area (Å²) >= 11 is 0. The largest absolute Gasteiger partial charge is 0.453 e. The van der Waals surface area contributed by atoms with Crippen molar-refractivity contribution in [1.29, 1.82) is 0 Å². The number of benzene rings is 3. The van der Waals surface area contributed by atoms with Gasteiger partial charge in [-0.3, -0.25) is 15.0 Å². The molecule has 1 heterocycles. The van der Waals surface area contributed by atoms with E-state index in [1.165, 1.54) is 12.1 Å². The van der Waals surface area contributed by atoms with Crippen LogP contribution in [0.5, 0.6) is 0 Å². The van der Waals surface area contributed by atoms with E-state index in [0.29, 0.717) is 23.2 Å². The number of methoxy groups -OCH3 is 1. The van der Waals surface area contributed by atoms with Crippen LogP contribution in [0.15, 0.2) is 103 Å². The highest BCUT2D eigenvalue weighted by Gasteiger charge is 2.43. The van der Waals surface area contributed by atoms with Crippen molar-refractivity contribution < 1.29 is 29.3 Å². The molecule has 1 aliphatic carbocycles. The number of fused-ring (bicyclic) bond motifs is 1. The molecule has 1 aliphatic rings. The van der Waals surface area contributed by atoms with Crippen LogP contribution in [0, 0.1) is 17.3 Å². The zero-order valence-electron chi connectivity index (χ0n) is 29.8. The first-order valence-corrected chi connectivity index (χ1v) is 17.1. The van der Waals surface area contributed by atoms with Gasteiger partial charge in [-0.05, 0) is 57.9 Å².